The van der Waals surface area contributed by atoms with Crippen LogP contribution in [0.25, 0.3) is 5.65 Å². The molecule has 0 spiro atoms. The van der Waals surface area contributed by atoms with Crippen LogP contribution < -0.4 is 0 Å². The van der Waals surface area contributed by atoms with Crippen LogP contribution in [0.4, 0.5) is 5.82 Å². The number of amidine groups is 1. The average Bonchev–Trinajstić information content (AvgIpc) is 2.65. The summed E-state index contributed by atoms with van der Waals surface area (Å²) in [7, 11) is 3.92. The molecule has 84 valence electrons. The van der Waals surface area contributed by atoms with E-state index in [1.54, 1.807) is 10.7 Å². The molecule has 0 unspecified atom stereocenters. The fraction of sp³-hybridized carbons (Fsp3) is 0.364. The van der Waals surface area contributed by atoms with Crippen molar-refractivity contribution in [1.82, 2.24) is 19.5 Å². The van der Waals surface area contributed by atoms with E-state index in [9.17, 15) is 0 Å². The first-order valence-corrected chi connectivity index (χ1v) is 5.11. The third-order valence-corrected chi connectivity index (χ3v) is 2.47. The second kappa shape index (κ2) is 3.92. The van der Waals surface area contributed by atoms with E-state index in [0.717, 1.165) is 22.9 Å². The Morgan fingerprint density at radius 3 is 2.88 bits per heavy atom. The number of fused-ring (bicyclic) bond motifs is 1. The lowest BCUT2D eigenvalue weighted by molar-refractivity contribution is 0.618. The highest BCUT2D eigenvalue weighted by atomic mass is 15.3. The van der Waals surface area contributed by atoms with Crippen LogP contribution in [-0.4, -0.2) is 39.4 Å². The Kier molecular flexibility index (Phi) is 2.60. The molecular formula is C11H15N5. The molecule has 0 fully saturated rings. The van der Waals surface area contributed by atoms with E-state index >= 15 is 0 Å². The summed E-state index contributed by atoms with van der Waals surface area (Å²) < 4.78 is 1.73. The van der Waals surface area contributed by atoms with Gasteiger partial charge in [-0.05, 0) is 25.5 Å². The van der Waals surface area contributed by atoms with Gasteiger partial charge in [0.2, 0.25) is 0 Å². The molecule has 0 aromatic carbocycles. The Morgan fingerprint density at radius 1 is 1.44 bits per heavy atom. The molecular weight excluding hydrogens is 202 g/mol. The van der Waals surface area contributed by atoms with Crippen molar-refractivity contribution < 1.29 is 0 Å². The van der Waals surface area contributed by atoms with Gasteiger partial charge in [-0.3, -0.25) is 0 Å². The van der Waals surface area contributed by atoms with Crippen molar-refractivity contribution in [3.8, 4) is 0 Å². The summed E-state index contributed by atoms with van der Waals surface area (Å²) in [5.41, 5.74) is 1.87. The number of imidazole rings is 1. The number of rotatable bonds is 1. The molecule has 0 aliphatic carbocycles. The molecule has 2 aromatic rings. The largest absolute Gasteiger partial charge is 0.366 e. The molecule has 16 heavy (non-hydrogen) atoms. The number of hydrogen-bond acceptors (Lipinski definition) is 3. The van der Waals surface area contributed by atoms with Gasteiger partial charge in [0, 0.05) is 26.5 Å². The first-order valence-electron chi connectivity index (χ1n) is 5.11. The fourth-order valence-electron chi connectivity index (χ4n) is 1.30. The summed E-state index contributed by atoms with van der Waals surface area (Å²) in [5.74, 6) is 1.66. The summed E-state index contributed by atoms with van der Waals surface area (Å²) >= 11 is 0. The highest BCUT2D eigenvalue weighted by Gasteiger charge is 2.04. The maximum absolute atomic E-state index is 4.47. The zero-order chi connectivity index (χ0) is 11.7. The van der Waals surface area contributed by atoms with Gasteiger partial charge >= 0.3 is 0 Å². The number of aromatic nitrogens is 3. The minimum absolute atomic E-state index is 0.733. The maximum Gasteiger partial charge on any atom is 0.177 e. The van der Waals surface area contributed by atoms with Crippen molar-refractivity contribution in [2.24, 2.45) is 4.99 Å². The highest BCUT2D eigenvalue weighted by Crippen LogP contribution is 2.16. The van der Waals surface area contributed by atoms with Crippen molar-refractivity contribution in [3.63, 3.8) is 0 Å². The molecule has 2 heterocycles. The zero-order valence-corrected chi connectivity index (χ0v) is 9.97. The smallest absolute Gasteiger partial charge is 0.177 e. The molecule has 0 saturated carbocycles. The highest BCUT2D eigenvalue weighted by molar-refractivity contribution is 5.81. The predicted molar refractivity (Wildman–Crippen MR) is 64.2 cm³/mol. The van der Waals surface area contributed by atoms with Crippen molar-refractivity contribution in [2.45, 2.75) is 13.8 Å². The third-order valence-electron chi connectivity index (χ3n) is 2.47. The molecule has 0 aliphatic rings. The second-order valence-electron chi connectivity index (χ2n) is 3.93. The summed E-state index contributed by atoms with van der Waals surface area (Å²) in [6, 6.07) is 1.98. The minimum Gasteiger partial charge on any atom is -0.366 e. The van der Waals surface area contributed by atoms with Crippen LogP contribution >= 0.6 is 0 Å². The number of aryl methyl sites for hydroxylation is 1. The minimum atomic E-state index is 0.733. The van der Waals surface area contributed by atoms with E-state index in [4.69, 9.17) is 0 Å². The number of aliphatic imine (C=N–C) groups is 1. The molecule has 0 amide bonds. The molecule has 2 rings (SSSR count). The monoisotopic (exact) mass is 217 g/mol. The van der Waals surface area contributed by atoms with Gasteiger partial charge in [-0.15, -0.1) is 5.10 Å². The average molecular weight is 217 g/mol. The summed E-state index contributed by atoms with van der Waals surface area (Å²) in [5, 5.41) is 4.40. The molecule has 0 N–H and O–H groups in total. The molecule has 0 bridgehead atoms. The van der Waals surface area contributed by atoms with Gasteiger partial charge < -0.3 is 4.90 Å². The van der Waals surface area contributed by atoms with Crippen molar-refractivity contribution >= 4 is 17.3 Å². The topological polar surface area (TPSA) is 45.8 Å². The molecule has 0 saturated heterocycles. The second-order valence-corrected chi connectivity index (χ2v) is 3.93. The third kappa shape index (κ3) is 1.88. The van der Waals surface area contributed by atoms with Crippen molar-refractivity contribution in [1.29, 1.82) is 0 Å². The van der Waals surface area contributed by atoms with Crippen LogP contribution in [0.15, 0.2) is 23.5 Å². The van der Waals surface area contributed by atoms with Crippen LogP contribution in [0.3, 0.4) is 0 Å². The van der Waals surface area contributed by atoms with Crippen LogP contribution in [0.2, 0.25) is 0 Å². The summed E-state index contributed by atoms with van der Waals surface area (Å²) in [4.78, 5) is 10.6. The van der Waals surface area contributed by atoms with E-state index in [2.05, 4.69) is 15.1 Å². The van der Waals surface area contributed by atoms with Gasteiger partial charge in [-0.25, -0.2) is 14.5 Å². The Balaban J connectivity index is 2.51. The standard InChI is InChI=1S/C11H15N5/c1-8-7-10-12-5-6-16(10)14-11(8)13-9(2)15(3)4/h5-7H,1-4H3. The molecule has 5 heteroatoms. The Bertz CT molecular complexity index is 538. The fourth-order valence-corrected chi connectivity index (χ4v) is 1.30. The van der Waals surface area contributed by atoms with E-state index < -0.39 is 0 Å². The van der Waals surface area contributed by atoms with Gasteiger partial charge in [0.25, 0.3) is 0 Å². The normalized spacial score (nSPS) is 12.1. The van der Waals surface area contributed by atoms with Crippen LogP contribution in [-0.2, 0) is 0 Å². The zero-order valence-electron chi connectivity index (χ0n) is 9.97. The quantitative estimate of drug-likeness (QED) is 0.539. The predicted octanol–water partition coefficient (Wildman–Crippen LogP) is 1.65. The van der Waals surface area contributed by atoms with Gasteiger partial charge in [-0.1, -0.05) is 0 Å². The summed E-state index contributed by atoms with van der Waals surface area (Å²) in [6.07, 6.45) is 3.55. The molecule has 2 aromatic heterocycles. The SMILES string of the molecule is CC(=Nc1nn2ccnc2cc1C)N(C)C. The first-order chi connectivity index (χ1) is 7.58. The van der Waals surface area contributed by atoms with E-state index in [1.807, 2.05) is 45.1 Å². The Morgan fingerprint density at radius 2 is 2.19 bits per heavy atom. The Hall–Kier alpha value is -1.91. The van der Waals surface area contributed by atoms with Gasteiger partial charge in [-0.2, -0.15) is 0 Å². The van der Waals surface area contributed by atoms with Crippen LogP contribution in [0.1, 0.15) is 12.5 Å². The molecule has 5 nitrogen and oxygen atoms in total. The lowest BCUT2D eigenvalue weighted by Crippen LogP contribution is -2.18. The lowest BCUT2D eigenvalue weighted by atomic mass is 10.3. The van der Waals surface area contributed by atoms with E-state index in [0.29, 0.717) is 0 Å². The molecule has 0 aliphatic heterocycles. The Labute approximate surface area is 94.4 Å². The van der Waals surface area contributed by atoms with E-state index in [1.165, 1.54) is 0 Å². The molecule has 0 radical (unpaired) electrons. The van der Waals surface area contributed by atoms with Crippen LogP contribution in [0.5, 0.6) is 0 Å². The van der Waals surface area contributed by atoms with E-state index in [-0.39, 0.29) is 0 Å². The van der Waals surface area contributed by atoms with Gasteiger partial charge in [0.15, 0.2) is 11.5 Å². The summed E-state index contributed by atoms with van der Waals surface area (Å²) in [6.45, 7) is 3.95. The number of hydrogen-bond donors (Lipinski definition) is 0. The van der Waals surface area contributed by atoms with Crippen molar-refractivity contribution in [2.75, 3.05) is 14.1 Å². The molecule has 0 atom stereocenters. The van der Waals surface area contributed by atoms with Crippen LogP contribution in [0, 0.1) is 6.92 Å². The number of nitrogens with zero attached hydrogens (tertiary/aromatic N) is 5. The maximum atomic E-state index is 4.47. The first kappa shape index (κ1) is 10.6. The van der Waals surface area contributed by atoms with Gasteiger partial charge in [0.1, 0.15) is 5.84 Å². The lowest BCUT2D eigenvalue weighted by Gasteiger charge is -2.11. The van der Waals surface area contributed by atoms with Crippen molar-refractivity contribution in [3.05, 3.63) is 24.0 Å². The van der Waals surface area contributed by atoms with Gasteiger partial charge in [0.05, 0.1) is 0 Å².